The molecule has 1 atom stereocenters. The highest BCUT2D eigenvalue weighted by atomic mass is 19.2. The Bertz CT molecular complexity index is 897. The summed E-state index contributed by atoms with van der Waals surface area (Å²) in [6, 6.07) is 5.01. The number of nitrogens with one attached hydrogen (secondary N) is 3. The molecule has 0 spiro atoms. The third kappa shape index (κ3) is 5.98. The monoisotopic (exact) mass is 412 g/mol. The molecule has 0 saturated carbocycles. The van der Waals surface area contributed by atoms with Gasteiger partial charge in [-0.05, 0) is 45.0 Å². The van der Waals surface area contributed by atoms with Crippen LogP contribution < -0.4 is 16.0 Å². The zero-order chi connectivity index (χ0) is 21.6. The third-order valence-electron chi connectivity index (χ3n) is 3.91. The summed E-state index contributed by atoms with van der Waals surface area (Å²) in [6.07, 6.45) is 0. The standard InChI is InChI=1S/C19H23F3N4O3/c1-4-23-18(25-10-19(3,28)14-8-5-11(2)29-14)24-9-15(27)26-13-7-6-12(20)16(21)17(13)22/h5-8,28H,4,9-10H2,1-3H3,(H,26,27)(H2,23,24,25). The van der Waals surface area contributed by atoms with Crippen molar-refractivity contribution in [1.29, 1.82) is 0 Å². The highest BCUT2D eigenvalue weighted by Crippen LogP contribution is 2.22. The van der Waals surface area contributed by atoms with Crippen LogP contribution in [0.1, 0.15) is 25.4 Å². The summed E-state index contributed by atoms with van der Waals surface area (Å²) in [4.78, 5) is 16.0. The lowest BCUT2D eigenvalue weighted by Gasteiger charge is -2.22. The minimum absolute atomic E-state index is 0.0329. The fraction of sp³-hybridized carbons (Fsp3) is 0.368. The first-order valence-corrected chi connectivity index (χ1v) is 8.89. The summed E-state index contributed by atoms with van der Waals surface area (Å²) in [5, 5.41) is 18.4. The van der Waals surface area contributed by atoms with E-state index >= 15 is 0 Å². The van der Waals surface area contributed by atoms with Crippen LogP contribution in [0.5, 0.6) is 0 Å². The van der Waals surface area contributed by atoms with Gasteiger partial charge in [0.25, 0.3) is 0 Å². The van der Waals surface area contributed by atoms with Gasteiger partial charge in [0.15, 0.2) is 23.4 Å². The van der Waals surface area contributed by atoms with Crippen LogP contribution in [0.25, 0.3) is 0 Å². The summed E-state index contributed by atoms with van der Waals surface area (Å²) in [5.41, 5.74) is -1.82. The van der Waals surface area contributed by atoms with Crippen LogP contribution in [0.3, 0.4) is 0 Å². The summed E-state index contributed by atoms with van der Waals surface area (Å²) >= 11 is 0. The van der Waals surface area contributed by atoms with Crippen molar-refractivity contribution in [2.75, 3.05) is 25.0 Å². The van der Waals surface area contributed by atoms with Gasteiger partial charge < -0.3 is 25.5 Å². The first-order valence-electron chi connectivity index (χ1n) is 8.89. The van der Waals surface area contributed by atoms with E-state index in [1.165, 1.54) is 0 Å². The van der Waals surface area contributed by atoms with Gasteiger partial charge >= 0.3 is 0 Å². The number of furan rings is 1. The van der Waals surface area contributed by atoms with Crippen LogP contribution in [-0.4, -0.2) is 36.6 Å². The maximum atomic E-state index is 13.6. The van der Waals surface area contributed by atoms with Crippen molar-refractivity contribution in [3.8, 4) is 0 Å². The zero-order valence-corrected chi connectivity index (χ0v) is 16.3. The molecule has 0 aliphatic carbocycles. The van der Waals surface area contributed by atoms with Gasteiger partial charge in [-0.3, -0.25) is 4.79 Å². The van der Waals surface area contributed by atoms with E-state index in [1.807, 2.05) is 6.92 Å². The molecule has 2 rings (SSSR count). The van der Waals surface area contributed by atoms with Crippen LogP contribution in [0.15, 0.2) is 33.7 Å². The van der Waals surface area contributed by atoms with Crippen molar-refractivity contribution >= 4 is 17.6 Å². The van der Waals surface area contributed by atoms with E-state index in [9.17, 15) is 23.1 Å². The van der Waals surface area contributed by atoms with E-state index in [1.54, 1.807) is 26.0 Å². The molecule has 1 heterocycles. The van der Waals surface area contributed by atoms with E-state index in [-0.39, 0.29) is 12.5 Å². The summed E-state index contributed by atoms with van der Waals surface area (Å²) in [5.74, 6) is -4.01. The van der Waals surface area contributed by atoms with E-state index in [0.29, 0.717) is 24.1 Å². The molecule has 1 unspecified atom stereocenters. The molecule has 158 valence electrons. The molecule has 1 amide bonds. The number of anilines is 1. The predicted octanol–water partition coefficient (Wildman–Crippen LogP) is 2.41. The second-order valence-electron chi connectivity index (χ2n) is 6.50. The van der Waals surface area contributed by atoms with E-state index in [4.69, 9.17) is 4.42 Å². The van der Waals surface area contributed by atoms with Gasteiger partial charge in [0.2, 0.25) is 5.91 Å². The molecule has 0 aliphatic heterocycles. The number of halogens is 3. The fourth-order valence-electron chi connectivity index (χ4n) is 2.37. The van der Waals surface area contributed by atoms with Crippen molar-refractivity contribution in [1.82, 2.24) is 10.6 Å². The van der Waals surface area contributed by atoms with Crippen molar-refractivity contribution < 1.29 is 27.5 Å². The summed E-state index contributed by atoms with van der Waals surface area (Å²) in [7, 11) is 0. The molecule has 0 bridgehead atoms. The van der Waals surface area contributed by atoms with Crippen molar-refractivity contribution in [3.05, 3.63) is 53.2 Å². The molecule has 29 heavy (non-hydrogen) atoms. The number of hydrogen-bond acceptors (Lipinski definition) is 4. The average Bonchev–Trinajstić information content (AvgIpc) is 3.12. The second-order valence-corrected chi connectivity index (χ2v) is 6.50. The van der Waals surface area contributed by atoms with Crippen LogP contribution >= 0.6 is 0 Å². The highest BCUT2D eigenvalue weighted by molar-refractivity contribution is 5.94. The molecule has 10 heteroatoms. The molecule has 0 fully saturated rings. The molecular formula is C19H23F3N4O3. The van der Waals surface area contributed by atoms with Crippen molar-refractivity contribution in [3.63, 3.8) is 0 Å². The van der Waals surface area contributed by atoms with Crippen LogP contribution in [0.4, 0.5) is 18.9 Å². The van der Waals surface area contributed by atoms with Crippen molar-refractivity contribution in [2.24, 2.45) is 4.99 Å². The maximum absolute atomic E-state index is 13.6. The molecule has 7 nitrogen and oxygen atoms in total. The molecule has 0 saturated heterocycles. The Morgan fingerprint density at radius 2 is 1.90 bits per heavy atom. The quantitative estimate of drug-likeness (QED) is 0.318. The Labute approximate surface area is 166 Å². The number of carbonyl (C=O) groups excluding carboxylic acids is 1. The topological polar surface area (TPSA) is 98.9 Å². The molecule has 1 aromatic heterocycles. The normalized spacial score (nSPS) is 13.7. The van der Waals surface area contributed by atoms with Crippen LogP contribution in [0.2, 0.25) is 0 Å². The number of benzene rings is 1. The van der Waals surface area contributed by atoms with Crippen LogP contribution in [-0.2, 0) is 10.4 Å². The Morgan fingerprint density at radius 3 is 2.52 bits per heavy atom. The number of nitrogens with zero attached hydrogens (tertiary/aromatic N) is 1. The number of aliphatic hydroxyl groups is 1. The number of carbonyl (C=O) groups is 1. The Balaban J connectivity index is 1.99. The summed E-state index contributed by atoms with van der Waals surface area (Å²) < 4.78 is 45.2. The second kappa shape index (κ2) is 9.46. The SMILES string of the molecule is CCNC(=NCC(=O)Nc1ccc(F)c(F)c1F)NCC(C)(O)c1ccc(C)o1. The zero-order valence-electron chi connectivity index (χ0n) is 16.3. The summed E-state index contributed by atoms with van der Waals surface area (Å²) in [6.45, 7) is 5.21. The van der Waals surface area contributed by atoms with E-state index in [2.05, 4.69) is 20.9 Å². The van der Waals surface area contributed by atoms with E-state index < -0.39 is 41.2 Å². The largest absolute Gasteiger partial charge is 0.463 e. The lowest BCUT2D eigenvalue weighted by Crippen LogP contribution is -2.44. The van der Waals surface area contributed by atoms with Gasteiger partial charge in [0.1, 0.15) is 23.7 Å². The van der Waals surface area contributed by atoms with Crippen molar-refractivity contribution in [2.45, 2.75) is 26.4 Å². The molecule has 2 aromatic rings. The minimum Gasteiger partial charge on any atom is -0.463 e. The molecule has 1 aromatic carbocycles. The first kappa shape index (κ1) is 22.3. The molecule has 0 radical (unpaired) electrons. The average molecular weight is 412 g/mol. The van der Waals surface area contributed by atoms with Gasteiger partial charge in [-0.2, -0.15) is 0 Å². The first-order chi connectivity index (χ1) is 13.6. The number of amides is 1. The number of guanidine groups is 1. The lowest BCUT2D eigenvalue weighted by atomic mass is 10.0. The highest BCUT2D eigenvalue weighted by Gasteiger charge is 2.27. The van der Waals surface area contributed by atoms with Gasteiger partial charge in [-0.25, -0.2) is 18.2 Å². The van der Waals surface area contributed by atoms with Gasteiger partial charge in [0, 0.05) is 6.54 Å². The fourth-order valence-corrected chi connectivity index (χ4v) is 2.37. The smallest absolute Gasteiger partial charge is 0.246 e. The lowest BCUT2D eigenvalue weighted by molar-refractivity contribution is -0.114. The van der Waals surface area contributed by atoms with Crippen LogP contribution in [0, 0.1) is 24.4 Å². The minimum atomic E-state index is -1.67. The maximum Gasteiger partial charge on any atom is 0.246 e. The Kier molecular flexibility index (Phi) is 7.27. The Hall–Kier alpha value is -3.01. The predicted molar refractivity (Wildman–Crippen MR) is 102 cm³/mol. The Morgan fingerprint density at radius 1 is 1.17 bits per heavy atom. The molecule has 4 N–H and O–H groups in total. The molecule has 0 aliphatic rings. The van der Waals surface area contributed by atoms with E-state index in [0.717, 1.165) is 6.07 Å². The number of rotatable bonds is 7. The van der Waals surface area contributed by atoms with Gasteiger partial charge in [-0.15, -0.1) is 0 Å². The molecular weight excluding hydrogens is 389 g/mol. The third-order valence-corrected chi connectivity index (χ3v) is 3.91. The van der Waals surface area contributed by atoms with Gasteiger partial charge in [-0.1, -0.05) is 0 Å². The number of hydrogen-bond donors (Lipinski definition) is 4. The number of aliphatic imine (C=N–C) groups is 1. The van der Waals surface area contributed by atoms with Gasteiger partial charge in [0.05, 0.1) is 12.2 Å². The number of aryl methyl sites for hydroxylation is 1.